The number of hydrogen-bond acceptors (Lipinski definition) is 5. The zero-order valence-electron chi connectivity index (χ0n) is 13.4. The van der Waals surface area contributed by atoms with E-state index in [9.17, 15) is 10.0 Å². The van der Waals surface area contributed by atoms with Gasteiger partial charge in [-0.2, -0.15) is 0 Å². The minimum atomic E-state index is -2.50. The first-order chi connectivity index (χ1) is 8.82. The molecular formula is C11H25BO4SSi3. The molecular weight excluding hydrogens is 323 g/mol. The highest BCUT2D eigenvalue weighted by Crippen LogP contribution is 2.21. The van der Waals surface area contributed by atoms with Gasteiger partial charge in [0.05, 0.1) is 0 Å². The number of rotatable bonds is 6. The van der Waals surface area contributed by atoms with Crippen LogP contribution in [0.1, 0.15) is 0 Å². The molecule has 1 rings (SSSR count). The molecule has 1 aromatic heterocycles. The van der Waals surface area contributed by atoms with Crippen molar-refractivity contribution in [3.05, 3.63) is 12.1 Å². The minimum Gasteiger partial charge on any atom is -0.433 e. The van der Waals surface area contributed by atoms with E-state index in [0.29, 0.717) is 4.78 Å². The fourth-order valence-corrected chi connectivity index (χ4v) is 15.6. The summed E-state index contributed by atoms with van der Waals surface area (Å²) in [5.41, 5.74) is 0. The summed E-state index contributed by atoms with van der Waals surface area (Å²) in [4.78, 5) is 0. The van der Waals surface area contributed by atoms with Gasteiger partial charge in [0, 0.05) is 9.28 Å². The fourth-order valence-electron chi connectivity index (χ4n) is 2.03. The summed E-state index contributed by atoms with van der Waals surface area (Å²) in [6.07, 6.45) is 0. The van der Waals surface area contributed by atoms with Crippen LogP contribution in [0, 0.1) is 0 Å². The van der Waals surface area contributed by atoms with E-state index in [0.717, 1.165) is 4.50 Å². The molecule has 0 aromatic carbocycles. The molecule has 9 heteroatoms. The average molecular weight is 348 g/mol. The summed E-state index contributed by atoms with van der Waals surface area (Å²) >= 11 is 1.39. The first-order valence-corrected chi connectivity index (χ1v) is 16.6. The van der Waals surface area contributed by atoms with E-state index in [1.807, 2.05) is 6.07 Å². The molecule has 4 nitrogen and oxygen atoms in total. The lowest BCUT2D eigenvalue weighted by Gasteiger charge is -2.37. The molecule has 0 spiro atoms. The van der Waals surface area contributed by atoms with Gasteiger partial charge in [-0.25, -0.2) is 0 Å². The molecule has 0 unspecified atom stereocenters. The second kappa shape index (κ2) is 6.17. The molecule has 0 fully saturated rings. The van der Waals surface area contributed by atoms with Gasteiger partial charge in [0.15, 0.2) is 16.6 Å². The van der Waals surface area contributed by atoms with Crippen LogP contribution in [0.2, 0.25) is 45.8 Å². The highest BCUT2D eigenvalue weighted by Gasteiger charge is 2.43. The van der Waals surface area contributed by atoms with E-state index in [-0.39, 0.29) is 0 Å². The van der Waals surface area contributed by atoms with E-state index in [4.69, 9.17) is 8.23 Å². The molecule has 1 heterocycles. The Balaban J connectivity index is 3.15. The maximum absolute atomic E-state index is 9.29. The first kappa shape index (κ1) is 18.3. The Hall–Kier alpha value is 0.256. The maximum atomic E-state index is 9.29. The lowest BCUT2D eigenvalue weighted by Crippen LogP contribution is -2.59. The Labute approximate surface area is 129 Å². The van der Waals surface area contributed by atoms with Gasteiger partial charge in [-0.1, -0.05) is 6.07 Å². The van der Waals surface area contributed by atoms with Crippen molar-refractivity contribution in [2.45, 2.75) is 45.8 Å². The molecule has 1 aromatic rings. The first-order valence-electron chi connectivity index (χ1n) is 6.69. The molecule has 0 aliphatic rings. The van der Waals surface area contributed by atoms with Crippen LogP contribution in [-0.4, -0.2) is 42.4 Å². The van der Waals surface area contributed by atoms with E-state index in [1.54, 1.807) is 6.07 Å². The number of thiophene rings is 1. The van der Waals surface area contributed by atoms with E-state index in [2.05, 4.69) is 45.8 Å². The summed E-state index contributed by atoms with van der Waals surface area (Å²) < 4.78 is 14.4. The zero-order valence-corrected chi connectivity index (χ0v) is 17.2. The summed E-state index contributed by atoms with van der Waals surface area (Å²) in [7, 11) is -7.43. The summed E-state index contributed by atoms with van der Waals surface area (Å²) in [5, 5.41) is 18.6. The third kappa shape index (κ3) is 5.56. The van der Waals surface area contributed by atoms with Crippen molar-refractivity contribution in [3.63, 3.8) is 0 Å². The summed E-state index contributed by atoms with van der Waals surface area (Å²) in [6.45, 7) is 15.0. The molecule has 20 heavy (non-hydrogen) atoms. The zero-order chi connectivity index (χ0) is 15.8. The van der Waals surface area contributed by atoms with Crippen molar-refractivity contribution in [1.29, 1.82) is 0 Å². The Morgan fingerprint density at radius 2 is 1.35 bits per heavy atom. The van der Waals surface area contributed by atoms with Gasteiger partial charge in [0.1, 0.15) is 0 Å². The van der Waals surface area contributed by atoms with Crippen molar-refractivity contribution in [1.82, 2.24) is 0 Å². The lowest BCUT2D eigenvalue weighted by atomic mass is 9.90. The van der Waals surface area contributed by atoms with Crippen LogP contribution in [0.4, 0.5) is 0 Å². The monoisotopic (exact) mass is 348 g/mol. The van der Waals surface area contributed by atoms with Crippen molar-refractivity contribution in [2.75, 3.05) is 0 Å². The van der Waals surface area contributed by atoms with Gasteiger partial charge in [0.25, 0.3) is 0 Å². The molecule has 114 valence electrons. The molecule has 2 N–H and O–H groups in total. The largest absolute Gasteiger partial charge is 0.499 e. The van der Waals surface area contributed by atoms with Crippen LogP contribution in [-0.2, 0) is 8.23 Å². The highest BCUT2D eigenvalue weighted by molar-refractivity contribution is 7.32. The molecule has 0 atom stereocenters. The van der Waals surface area contributed by atoms with Gasteiger partial charge in [0.2, 0.25) is 0 Å². The second-order valence-electron chi connectivity index (χ2n) is 6.95. The van der Waals surface area contributed by atoms with Crippen LogP contribution in [0.25, 0.3) is 0 Å². The third-order valence-electron chi connectivity index (χ3n) is 2.33. The van der Waals surface area contributed by atoms with Gasteiger partial charge in [-0.15, -0.1) is 11.3 Å². The van der Waals surface area contributed by atoms with Crippen LogP contribution < -0.4 is 9.28 Å². The molecule has 0 amide bonds. The van der Waals surface area contributed by atoms with Gasteiger partial charge >= 0.3 is 15.7 Å². The molecule has 0 saturated carbocycles. The van der Waals surface area contributed by atoms with Crippen molar-refractivity contribution >= 4 is 52.9 Å². The minimum absolute atomic E-state index is 0.539. The van der Waals surface area contributed by atoms with E-state index in [1.165, 1.54) is 11.3 Å². The molecule has 0 aliphatic carbocycles. The Morgan fingerprint density at radius 1 is 0.900 bits per heavy atom. The predicted molar refractivity (Wildman–Crippen MR) is 94.3 cm³/mol. The summed E-state index contributed by atoms with van der Waals surface area (Å²) in [5.74, 6) is 0. The topological polar surface area (TPSA) is 58.9 Å². The van der Waals surface area contributed by atoms with Crippen molar-refractivity contribution in [3.8, 4) is 0 Å². The van der Waals surface area contributed by atoms with Crippen LogP contribution in [0.3, 0.4) is 0 Å². The Bertz CT molecular complexity index is 437. The molecule has 0 aliphatic heterocycles. The van der Waals surface area contributed by atoms with Gasteiger partial charge < -0.3 is 18.3 Å². The van der Waals surface area contributed by atoms with E-state index < -0.39 is 32.3 Å². The maximum Gasteiger partial charge on any atom is 0.499 e. The standard InChI is InChI=1S/C11H25BO4SSi3/c1-18(2,3)15-20(7,16-19(4,5)6)11-9-8-10(17-11)12(13)14/h8-9,13-14H,1-7H3. The van der Waals surface area contributed by atoms with Crippen molar-refractivity contribution in [2.24, 2.45) is 0 Å². The lowest BCUT2D eigenvalue weighted by molar-refractivity contribution is 0.406. The van der Waals surface area contributed by atoms with Crippen LogP contribution in [0.15, 0.2) is 12.1 Å². The third-order valence-corrected chi connectivity index (χ3v) is 13.8. The molecule has 0 bridgehead atoms. The SMILES string of the molecule is C[Si](C)(C)O[Si](C)(O[Si](C)(C)C)c1ccc(B(O)O)s1. The van der Waals surface area contributed by atoms with E-state index >= 15 is 0 Å². The fraction of sp³-hybridized carbons (Fsp3) is 0.636. The quantitative estimate of drug-likeness (QED) is 0.763. The van der Waals surface area contributed by atoms with Crippen molar-refractivity contribution < 1.29 is 18.3 Å². The molecule has 0 saturated heterocycles. The predicted octanol–water partition coefficient (Wildman–Crippen LogP) is 1.41. The molecule has 0 radical (unpaired) electrons. The van der Waals surface area contributed by atoms with Gasteiger partial charge in [-0.05, 0) is 51.9 Å². The Morgan fingerprint density at radius 3 is 1.65 bits per heavy atom. The smallest absolute Gasteiger partial charge is 0.433 e. The van der Waals surface area contributed by atoms with Gasteiger partial charge in [-0.3, -0.25) is 0 Å². The second-order valence-corrected chi connectivity index (χ2v) is 20.9. The summed E-state index contributed by atoms with van der Waals surface area (Å²) in [6, 6.07) is 3.67. The van der Waals surface area contributed by atoms with Crippen LogP contribution in [0.5, 0.6) is 0 Å². The normalized spacial score (nSPS) is 13.7. The highest BCUT2D eigenvalue weighted by atomic mass is 32.1. The Kier molecular flexibility index (Phi) is 5.65. The van der Waals surface area contributed by atoms with Crippen LogP contribution >= 0.6 is 11.3 Å². The number of hydrogen-bond donors (Lipinski definition) is 2. The average Bonchev–Trinajstić information content (AvgIpc) is 2.59.